The second kappa shape index (κ2) is 6.41. The third-order valence-corrected chi connectivity index (χ3v) is 7.02. The van der Waals surface area contributed by atoms with Gasteiger partial charge >= 0.3 is 5.76 Å². The maximum Gasteiger partial charge on any atom is 0.419 e. The van der Waals surface area contributed by atoms with E-state index in [0.717, 1.165) is 12.8 Å². The average Bonchev–Trinajstić information content (AvgIpc) is 2.96. The Morgan fingerprint density at radius 1 is 1.04 bits per heavy atom. The van der Waals surface area contributed by atoms with Crippen molar-refractivity contribution in [2.45, 2.75) is 23.7 Å². The largest absolute Gasteiger partial charge is 0.419 e. The molecule has 1 aliphatic heterocycles. The molecule has 26 heavy (non-hydrogen) atoms. The molecule has 4 rings (SSSR count). The number of sulfonamides is 1. The summed E-state index contributed by atoms with van der Waals surface area (Å²) in [5, 5.41) is 0. The molecular weight excluding hydrogens is 352 g/mol. The highest BCUT2D eigenvalue weighted by Gasteiger charge is 2.30. The van der Waals surface area contributed by atoms with Crippen molar-refractivity contribution in [2.75, 3.05) is 13.1 Å². The van der Waals surface area contributed by atoms with E-state index in [-0.39, 0.29) is 10.5 Å². The van der Waals surface area contributed by atoms with Crippen molar-refractivity contribution in [3.05, 3.63) is 64.6 Å². The number of hydrogen-bond acceptors (Lipinski definition) is 4. The summed E-state index contributed by atoms with van der Waals surface area (Å²) in [6, 6.07) is 14.8. The van der Waals surface area contributed by atoms with E-state index >= 15 is 0 Å². The van der Waals surface area contributed by atoms with Gasteiger partial charge in [0.05, 0.1) is 10.4 Å². The number of benzene rings is 2. The summed E-state index contributed by atoms with van der Waals surface area (Å²) in [6.07, 6.45) is 1.60. The van der Waals surface area contributed by atoms with Crippen molar-refractivity contribution in [1.29, 1.82) is 0 Å². The zero-order valence-corrected chi connectivity index (χ0v) is 15.3. The molecule has 0 amide bonds. The fraction of sp³-hybridized carbons (Fsp3) is 0.316. The third-order valence-electron chi connectivity index (χ3n) is 5.13. The number of oxazole rings is 1. The molecule has 0 radical (unpaired) electrons. The maximum absolute atomic E-state index is 13.0. The van der Waals surface area contributed by atoms with E-state index in [9.17, 15) is 13.2 Å². The van der Waals surface area contributed by atoms with Gasteiger partial charge in [-0.3, -0.25) is 4.57 Å². The number of fused-ring (bicyclic) bond motifs is 1. The predicted octanol–water partition coefficient (Wildman–Crippen LogP) is 2.70. The number of hydrogen-bond donors (Lipinski definition) is 0. The van der Waals surface area contributed by atoms with Crippen LogP contribution >= 0.6 is 0 Å². The van der Waals surface area contributed by atoms with Gasteiger partial charge in [0.1, 0.15) is 0 Å². The van der Waals surface area contributed by atoms with Gasteiger partial charge in [-0.15, -0.1) is 0 Å². The molecule has 1 fully saturated rings. The molecule has 0 aliphatic carbocycles. The van der Waals surface area contributed by atoms with Gasteiger partial charge in [0.15, 0.2) is 5.58 Å². The fourth-order valence-electron chi connectivity index (χ4n) is 3.58. The molecule has 0 unspecified atom stereocenters. The second-order valence-electron chi connectivity index (χ2n) is 6.65. The highest BCUT2D eigenvalue weighted by molar-refractivity contribution is 7.89. The SMILES string of the molecule is Cn1c(=O)oc2cc(S(=O)(=O)N3CCC(c4ccccc4)CC3)ccc21. The first kappa shape index (κ1) is 17.1. The maximum atomic E-state index is 13.0. The van der Waals surface area contributed by atoms with Crippen molar-refractivity contribution >= 4 is 21.1 Å². The highest BCUT2D eigenvalue weighted by Crippen LogP contribution is 2.31. The average molecular weight is 372 g/mol. The van der Waals surface area contributed by atoms with Crippen LogP contribution in [0, 0.1) is 0 Å². The van der Waals surface area contributed by atoms with Gasteiger partial charge in [0, 0.05) is 26.2 Å². The first-order valence-electron chi connectivity index (χ1n) is 8.61. The fourth-order valence-corrected chi connectivity index (χ4v) is 5.06. The Morgan fingerprint density at radius 3 is 2.42 bits per heavy atom. The Morgan fingerprint density at radius 2 is 1.73 bits per heavy atom. The number of rotatable bonds is 3. The molecule has 0 bridgehead atoms. The number of piperidine rings is 1. The van der Waals surface area contributed by atoms with Crippen LogP contribution in [-0.2, 0) is 17.1 Å². The molecule has 1 aliphatic rings. The highest BCUT2D eigenvalue weighted by atomic mass is 32.2. The van der Waals surface area contributed by atoms with Gasteiger partial charge in [0.2, 0.25) is 10.0 Å². The lowest BCUT2D eigenvalue weighted by atomic mass is 9.90. The molecule has 0 saturated carbocycles. The van der Waals surface area contributed by atoms with Crippen molar-refractivity contribution in [2.24, 2.45) is 7.05 Å². The Balaban J connectivity index is 1.57. The molecule has 0 N–H and O–H groups in total. The van der Waals surface area contributed by atoms with Gasteiger partial charge in [-0.25, -0.2) is 13.2 Å². The monoisotopic (exact) mass is 372 g/mol. The number of nitrogens with zero attached hydrogens (tertiary/aromatic N) is 2. The van der Waals surface area contributed by atoms with Crippen molar-refractivity contribution < 1.29 is 12.8 Å². The minimum Gasteiger partial charge on any atom is -0.408 e. The summed E-state index contributed by atoms with van der Waals surface area (Å²) < 4.78 is 33.9. The molecule has 0 atom stereocenters. The third kappa shape index (κ3) is 2.87. The van der Waals surface area contributed by atoms with E-state index in [0.29, 0.717) is 24.5 Å². The van der Waals surface area contributed by atoms with Crippen LogP contribution in [-0.4, -0.2) is 30.4 Å². The van der Waals surface area contributed by atoms with E-state index in [2.05, 4.69) is 12.1 Å². The zero-order valence-electron chi connectivity index (χ0n) is 14.5. The molecule has 2 heterocycles. The zero-order chi connectivity index (χ0) is 18.3. The van der Waals surface area contributed by atoms with Gasteiger partial charge in [0.25, 0.3) is 0 Å². The van der Waals surface area contributed by atoms with Crippen LogP contribution in [0.1, 0.15) is 24.3 Å². The Kier molecular flexibility index (Phi) is 4.20. The molecule has 1 saturated heterocycles. The van der Waals surface area contributed by atoms with Gasteiger partial charge in [-0.1, -0.05) is 30.3 Å². The normalized spacial score (nSPS) is 17.0. The topological polar surface area (TPSA) is 72.5 Å². The molecular formula is C19H20N2O4S. The molecule has 6 nitrogen and oxygen atoms in total. The van der Waals surface area contributed by atoms with Crippen LogP contribution in [0.3, 0.4) is 0 Å². The number of aryl methyl sites for hydroxylation is 1. The van der Waals surface area contributed by atoms with Crippen LogP contribution < -0.4 is 5.76 Å². The van der Waals surface area contributed by atoms with E-state index in [4.69, 9.17) is 4.42 Å². The lowest BCUT2D eigenvalue weighted by Crippen LogP contribution is -2.37. The van der Waals surface area contributed by atoms with Crippen molar-refractivity contribution in [1.82, 2.24) is 8.87 Å². The minimum absolute atomic E-state index is 0.164. The molecule has 136 valence electrons. The smallest absolute Gasteiger partial charge is 0.408 e. The van der Waals surface area contributed by atoms with Crippen LogP contribution in [0.2, 0.25) is 0 Å². The summed E-state index contributed by atoms with van der Waals surface area (Å²) >= 11 is 0. The van der Waals surface area contributed by atoms with Crippen LogP contribution in [0.4, 0.5) is 0 Å². The Hall–Kier alpha value is -2.38. The van der Waals surface area contributed by atoms with Crippen LogP contribution in [0.25, 0.3) is 11.1 Å². The van der Waals surface area contributed by atoms with E-state index in [1.165, 1.54) is 26.6 Å². The summed E-state index contributed by atoms with van der Waals surface area (Å²) in [6.45, 7) is 0.970. The molecule has 7 heteroatoms. The van der Waals surface area contributed by atoms with Crippen LogP contribution in [0.15, 0.2) is 62.6 Å². The van der Waals surface area contributed by atoms with E-state index in [1.54, 1.807) is 13.1 Å². The van der Waals surface area contributed by atoms with E-state index in [1.807, 2.05) is 18.2 Å². The molecule has 1 aromatic heterocycles. The predicted molar refractivity (Wildman–Crippen MR) is 98.6 cm³/mol. The van der Waals surface area contributed by atoms with Crippen molar-refractivity contribution in [3.63, 3.8) is 0 Å². The Bertz CT molecular complexity index is 1090. The second-order valence-corrected chi connectivity index (χ2v) is 8.58. The van der Waals surface area contributed by atoms with E-state index < -0.39 is 15.8 Å². The molecule has 2 aromatic carbocycles. The first-order chi connectivity index (χ1) is 12.5. The lowest BCUT2D eigenvalue weighted by Gasteiger charge is -2.31. The lowest BCUT2D eigenvalue weighted by molar-refractivity contribution is 0.319. The Labute approximate surface area is 151 Å². The van der Waals surface area contributed by atoms with Gasteiger partial charge < -0.3 is 4.42 Å². The van der Waals surface area contributed by atoms with Crippen LogP contribution in [0.5, 0.6) is 0 Å². The first-order valence-corrected chi connectivity index (χ1v) is 10.1. The molecule has 3 aromatic rings. The summed E-state index contributed by atoms with van der Waals surface area (Å²) in [5.41, 5.74) is 2.13. The molecule has 0 spiro atoms. The number of aromatic nitrogens is 1. The standard InChI is InChI=1S/C19H20N2O4S/c1-20-17-8-7-16(13-18(17)25-19(20)22)26(23,24)21-11-9-15(10-12-21)14-5-3-2-4-6-14/h2-8,13,15H,9-12H2,1H3. The minimum atomic E-state index is -3.60. The summed E-state index contributed by atoms with van der Waals surface area (Å²) in [4.78, 5) is 11.8. The van der Waals surface area contributed by atoms with Crippen molar-refractivity contribution in [3.8, 4) is 0 Å². The quantitative estimate of drug-likeness (QED) is 0.709. The van der Waals surface area contributed by atoms with Gasteiger partial charge in [-0.05, 0) is 36.5 Å². The summed E-state index contributed by atoms with van der Waals surface area (Å²) in [5.74, 6) is -0.115. The van der Waals surface area contributed by atoms with Gasteiger partial charge in [-0.2, -0.15) is 4.31 Å². The summed E-state index contributed by atoms with van der Waals surface area (Å²) in [7, 11) is -2.01.